The Balaban J connectivity index is 1.33. The van der Waals surface area contributed by atoms with Crippen molar-refractivity contribution in [2.24, 2.45) is 0 Å². The van der Waals surface area contributed by atoms with Crippen LogP contribution in [0.5, 0.6) is 0 Å². The van der Waals surface area contributed by atoms with Crippen molar-refractivity contribution in [2.45, 2.75) is 31.7 Å². The van der Waals surface area contributed by atoms with E-state index in [1.807, 2.05) is 0 Å². The molecule has 2 aliphatic rings. The van der Waals surface area contributed by atoms with Gasteiger partial charge in [-0.1, -0.05) is 30.3 Å². The fraction of sp³-hybridized carbons (Fsp3) is 0.684. The average molecular weight is 301 g/mol. The van der Waals surface area contributed by atoms with Crippen molar-refractivity contribution >= 4 is 0 Å². The summed E-state index contributed by atoms with van der Waals surface area (Å²) < 4.78 is 0. The molecule has 0 spiro atoms. The number of likely N-dealkylation sites (N-methyl/N-ethyl adjacent to an activating group) is 1. The van der Waals surface area contributed by atoms with Gasteiger partial charge < -0.3 is 9.80 Å². The Kier molecular flexibility index (Phi) is 5.88. The maximum atomic E-state index is 2.74. The second-order valence-electron chi connectivity index (χ2n) is 7.00. The smallest absolute Gasteiger partial charge is 0.0121 e. The summed E-state index contributed by atoms with van der Waals surface area (Å²) in [5.74, 6) is 0. The molecule has 2 heterocycles. The average Bonchev–Trinajstić information content (AvgIpc) is 2.57. The Morgan fingerprint density at radius 2 is 1.59 bits per heavy atom. The Hall–Kier alpha value is -0.900. The van der Waals surface area contributed by atoms with Gasteiger partial charge in [0.1, 0.15) is 0 Å². The van der Waals surface area contributed by atoms with Crippen LogP contribution in [-0.4, -0.2) is 73.6 Å². The number of hydrogen-bond acceptors (Lipinski definition) is 3. The van der Waals surface area contributed by atoms with E-state index in [0.29, 0.717) is 0 Å². The van der Waals surface area contributed by atoms with Crippen molar-refractivity contribution in [1.29, 1.82) is 0 Å². The first-order valence-corrected chi connectivity index (χ1v) is 9.00. The molecule has 0 saturated carbocycles. The molecule has 0 aliphatic carbocycles. The van der Waals surface area contributed by atoms with E-state index < -0.39 is 0 Å². The summed E-state index contributed by atoms with van der Waals surface area (Å²) in [6.45, 7) is 8.90. The van der Waals surface area contributed by atoms with Gasteiger partial charge in [0.15, 0.2) is 0 Å². The van der Waals surface area contributed by atoms with Gasteiger partial charge in [-0.2, -0.15) is 0 Å². The molecule has 0 amide bonds. The highest BCUT2D eigenvalue weighted by atomic mass is 15.3. The molecule has 2 aliphatic heterocycles. The number of benzene rings is 1. The summed E-state index contributed by atoms with van der Waals surface area (Å²) in [5, 5.41) is 0. The van der Waals surface area contributed by atoms with E-state index in [9.17, 15) is 0 Å². The van der Waals surface area contributed by atoms with E-state index in [4.69, 9.17) is 0 Å². The molecular weight excluding hydrogens is 270 g/mol. The minimum Gasteiger partial charge on any atom is -0.304 e. The first-order valence-electron chi connectivity index (χ1n) is 9.00. The molecule has 22 heavy (non-hydrogen) atoms. The number of aryl methyl sites for hydroxylation is 1. The largest absolute Gasteiger partial charge is 0.304 e. The SMILES string of the molecule is CN1CCN(C2CCN(CCCc3ccccc3)CC2)CC1. The Morgan fingerprint density at radius 3 is 2.27 bits per heavy atom. The number of hydrogen-bond donors (Lipinski definition) is 0. The molecule has 3 nitrogen and oxygen atoms in total. The van der Waals surface area contributed by atoms with Crippen molar-refractivity contribution in [1.82, 2.24) is 14.7 Å². The third kappa shape index (κ3) is 4.55. The summed E-state index contributed by atoms with van der Waals surface area (Å²) in [6, 6.07) is 11.7. The van der Waals surface area contributed by atoms with Crippen LogP contribution in [0, 0.1) is 0 Å². The van der Waals surface area contributed by atoms with E-state index >= 15 is 0 Å². The van der Waals surface area contributed by atoms with Crippen LogP contribution < -0.4 is 0 Å². The summed E-state index contributed by atoms with van der Waals surface area (Å²) in [6.07, 6.45) is 5.26. The maximum absolute atomic E-state index is 2.74. The third-order valence-corrected chi connectivity index (χ3v) is 5.39. The molecule has 3 rings (SSSR count). The van der Waals surface area contributed by atoms with E-state index in [2.05, 4.69) is 52.1 Å². The zero-order valence-corrected chi connectivity index (χ0v) is 14.1. The molecule has 122 valence electrons. The minimum absolute atomic E-state index is 0.846. The fourth-order valence-corrected chi connectivity index (χ4v) is 3.85. The van der Waals surface area contributed by atoms with Gasteiger partial charge in [0.05, 0.1) is 0 Å². The molecule has 0 bridgehead atoms. The predicted molar refractivity (Wildman–Crippen MR) is 93.3 cm³/mol. The van der Waals surface area contributed by atoms with Gasteiger partial charge in [0.25, 0.3) is 0 Å². The fourth-order valence-electron chi connectivity index (χ4n) is 3.85. The van der Waals surface area contributed by atoms with Crippen LogP contribution in [-0.2, 0) is 6.42 Å². The van der Waals surface area contributed by atoms with Crippen LogP contribution in [0.15, 0.2) is 30.3 Å². The standard InChI is InChI=1S/C19H31N3/c1-20-14-16-22(17-15-20)19-9-12-21(13-10-19)11-5-8-18-6-3-2-4-7-18/h2-4,6-7,19H,5,8-17H2,1H3. The van der Waals surface area contributed by atoms with E-state index in [1.54, 1.807) is 0 Å². The molecular formula is C19H31N3. The molecule has 0 atom stereocenters. The number of rotatable bonds is 5. The Morgan fingerprint density at radius 1 is 0.909 bits per heavy atom. The number of likely N-dealkylation sites (tertiary alicyclic amines) is 1. The third-order valence-electron chi connectivity index (χ3n) is 5.39. The van der Waals surface area contributed by atoms with Gasteiger partial charge in [-0.3, -0.25) is 4.90 Å². The van der Waals surface area contributed by atoms with Crippen LogP contribution >= 0.6 is 0 Å². The topological polar surface area (TPSA) is 9.72 Å². The highest BCUT2D eigenvalue weighted by Gasteiger charge is 2.26. The van der Waals surface area contributed by atoms with Crippen molar-refractivity contribution in [2.75, 3.05) is 52.9 Å². The zero-order valence-electron chi connectivity index (χ0n) is 14.1. The summed E-state index contributed by atoms with van der Waals surface area (Å²) in [4.78, 5) is 7.87. The van der Waals surface area contributed by atoms with Crippen LogP contribution in [0.4, 0.5) is 0 Å². The highest BCUT2D eigenvalue weighted by Crippen LogP contribution is 2.18. The second-order valence-corrected chi connectivity index (χ2v) is 7.00. The summed E-state index contributed by atoms with van der Waals surface area (Å²) >= 11 is 0. The first kappa shape index (κ1) is 16.0. The van der Waals surface area contributed by atoms with Gasteiger partial charge in [-0.05, 0) is 57.9 Å². The van der Waals surface area contributed by atoms with Crippen LogP contribution in [0.1, 0.15) is 24.8 Å². The monoisotopic (exact) mass is 301 g/mol. The molecule has 0 unspecified atom stereocenters. The first-order chi connectivity index (χ1) is 10.8. The number of nitrogens with zero attached hydrogens (tertiary/aromatic N) is 3. The van der Waals surface area contributed by atoms with Gasteiger partial charge in [0, 0.05) is 32.2 Å². The Bertz CT molecular complexity index is 418. The summed E-state index contributed by atoms with van der Waals surface area (Å²) in [5.41, 5.74) is 1.48. The van der Waals surface area contributed by atoms with Crippen molar-refractivity contribution < 1.29 is 0 Å². The maximum Gasteiger partial charge on any atom is 0.0121 e. The zero-order chi connectivity index (χ0) is 15.2. The van der Waals surface area contributed by atoms with Crippen molar-refractivity contribution in [3.8, 4) is 0 Å². The molecule has 0 aromatic heterocycles. The molecule has 2 fully saturated rings. The van der Waals surface area contributed by atoms with Crippen molar-refractivity contribution in [3.05, 3.63) is 35.9 Å². The molecule has 2 saturated heterocycles. The molecule has 1 aromatic rings. The molecule has 0 radical (unpaired) electrons. The quantitative estimate of drug-likeness (QED) is 0.826. The van der Waals surface area contributed by atoms with E-state index in [0.717, 1.165) is 6.04 Å². The highest BCUT2D eigenvalue weighted by molar-refractivity contribution is 5.14. The normalized spacial score (nSPS) is 23.0. The van der Waals surface area contributed by atoms with Crippen LogP contribution in [0.25, 0.3) is 0 Å². The van der Waals surface area contributed by atoms with Gasteiger partial charge >= 0.3 is 0 Å². The van der Waals surface area contributed by atoms with Gasteiger partial charge in [-0.15, -0.1) is 0 Å². The minimum atomic E-state index is 0.846. The van der Waals surface area contributed by atoms with Gasteiger partial charge in [-0.25, -0.2) is 0 Å². The molecule has 3 heteroatoms. The summed E-state index contributed by atoms with van der Waals surface area (Å²) in [7, 11) is 2.24. The Labute approximate surface area is 135 Å². The number of piperidine rings is 1. The number of piperazine rings is 1. The lowest BCUT2D eigenvalue weighted by atomic mass is 10.0. The lowest BCUT2D eigenvalue weighted by Crippen LogP contribution is -2.52. The van der Waals surface area contributed by atoms with Crippen LogP contribution in [0.2, 0.25) is 0 Å². The predicted octanol–water partition coefficient (Wildman–Crippen LogP) is 2.33. The lowest BCUT2D eigenvalue weighted by molar-refractivity contribution is 0.0675. The van der Waals surface area contributed by atoms with Crippen molar-refractivity contribution in [3.63, 3.8) is 0 Å². The lowest BCUT2D eigenvalue weighted by Gasteiger charge is -2.42. The van der Waals surface area contributed by atoms with Gasteiger partial charge in [0.2, 0.25) is 0 Å². The van der Waals surface area contributed by atoms with E-state index in [-0.39, 0.29) is 0 Å². The molecule has 1 aromatic carbocycles. The van der Waals surface area contributed by atoms with E-state index in [1.165, 1.54) is 77.1 Å². The molecule has 0 N–H and O–H groups in total. The van der Waals surface area contributed by atoms with Crippen LogP contribution in [0.3, 0.4) is 0 Å². The second kappa shape index (κ2) is 8.09.